The van der Waals surface area contributed by atoms with E-state index in [1.807, 2.05) is 0 Å². The molecule has 0 aliphatic carbocycles. The number of aliphatic carboxylic acids is 1. The second kappa shape index (κ2) is 3.88. The Morgan fingerprint density at radius 2 is 1.93 bits per heavy atom. The molecule has 0 spiro atoms. The quantitative estimate of drug-likeness (QED) is 0.847. The van der Waals surface area contributed by atoms with Gasteiger partial charge in [0.25, 0.3) is 0 Å². The van der Waals surface area contributed by atoms with Crippen LogP contribution in [0.15, 0.2) is 33.9 Å². The molecule has 5 heteroatoms. The number of carbonyl (C=O) groups is 1. The van der Waals surface area contributed by atoms with E-state index >= 15 is 0 Å². The summed E-state index contributed by atoms with van der Waals surface area (Å²) in [7, 11) is 0. The number of hydrogen-bond donors (Lipinski definition) is 1. The van der Waals surface area contributed by atoms with Gasteiger partial charge >= 0.3 is 5.97 Å². The van der Waals surface area contributed by atoms with Gasteiger partial charge in [-0.15, -0.1) is 4.91 Å². The molecule has 1 atom stereocenters. The number of rotatable bonds is 3. The molecule has 1 aromatic carbocycles. The van der Waals surface area contributed by atoms with Gasteiger partial charge in [0, 0.05) is 4.47 Å². The van der Waals surface area contributed by atoms with E-state index in [2.05, 4.69) is 21.1 Å². The van der Waals surface area contributed by atoms with Crippen molar-refractivity contribution in [3.63, 3.8) is 0 Å². The Hall–Kier alpha value is -1.23. The molecule has 1 unspecified atom stereocenters. The average Bonchev–Trinajstić information content (AvgIpc) is 2.17. The Kier molecular flexibility index (Phi) is 3.00. The Labute approximate surface area is 89.0 Å². The third-order valence-corrected chi connectivity index (χ3v) is 2.53. The maximum absolute atomic E-state index is 10.8. The normalized spacial score (nSPS) is 14.4. The molecule has 0 aliphatic rings. The first kappa shape index (κ1) is 10.8. The zero-order chi connectivity index (χ0) is 10.8. The van der Waals surface area contributed by atoms with Crippen LogP contribution in [0.2, 0.25) is 0 Å². The summed E-state index contributed by atoms with van der Waals surface area (Å²) >= 11 is 3.21. The molecule has 4 nitrogen and oxygen atoms in total. The van der Waals surface area contributed by atoms with Gasteiger partial charge in [0.2, 0.25) is 5.54 Å². The lowest BCUT2D eigenvalue weighted by atomic mass is 9.93. The fraction of sp³-hybridized carbons (Fsp3) is 0.222. The maximum atomic E-state index is 10.8. The first-order valence-electron chi connectivity index (χ1n) is 3.84. The predicted octanol–water partition coefficient (Wildman–Crippen LogP) is 2.52. The van der Waals surface area contributed by atoms with Crippen LogP contribution in [0.4, 0.5) is 0 Å². The summed E-state index contributed by atoms with van der Waals surface area (Å²) in [6, 6.07) is 6.45. The van der Waals surface area contributed by atoms with Crippen LogP contribution in [0.5, 0.6) is 0 Å². The van der Waals surface area contributed by atoms with E-state index in [0.717, 1.165) is 4.47 Å². The minimum atomic E-state index is -1.71. The monoisotopic (exact) mass is 257 g/mol. The molecule has 1 rings (SSSR count). The minimum absolute atomic E-state index is 0.364. The van der Waals surface area contributed by atoms with Gasteiger partial charge < -0.3 is 5.11 Å². The van der Waals surface area contributed by atoms with E-state index in [1.165, 1.54) is 6.92 Å². The number of nitrogens with zero attached hydrogens (tertiary/aromatic N) is 1. The van der Waals surface area contributed by atoms with Gasteiger partial charge in [0.15, 0.2) is 0 Å². The van der Waals surface area contributed by atoms with Crippen LogP contribution >= 0.6 is 15.9 Å². The lowest BCUT2D eigenvalue weighted by Gasteiger charge is -2.15. The van der Waals surface area contributed by atoms with Crippen LogP contribution in [-0.4, -0.2) is 11.1 Å². The van der Waals surface area contributed by atoms with E-state index in [4.69, 9.17) is 5.11 Å². The van der Waals surface area contributed by atoms with Crippen LogP contribution in [0, 0.1) is 4.91 Å². The van der Waals surface area contributed by atoms with Crippen molar-refractivity contribution in [3.8, 4) is 0 Å². The van der Waals surface area contributed by atoms with Crippen molar-refractivity contribution in [1.82, 2.24) is 0 Å². The molecule has 0 bridgehead atoms. The molecular weight excluding hydrogens is 250 g/mol. The Morgan fingerprint density at radius 3 is 2.29 bits per heavy atom. The molecule has 1 N–H and O–H groups in total. The summed E-state index contributed by atoms with van der Waals surface area (Å²) < 4.78 is 0.819. The number of carboxylic acid groups (broad SMARTS) is 1. The molecule has 0 aromatic heterocycles. The average molecular weight is 258 g/mol. The van der Waals surface area contributed by atoms with Gasteiger partial charge in [-0.3, -0.25) is 0 Å². The molecule has 0 fully saturated rings. The highest BCUT2D eigenvalue weighted by Gasteiger charge is 2.36. The molecular formula is C9H8BrNO3. The SMILES string of the molecule is CC(N=O)(C(=O)O)c1ccc(Br)cc1. The topological polar surface area (TPSA) is 66.7 Å². The second-order valence-corrected chi connectivity index (χ2v) is 3.89. The molecule has 0 saturated heterocycles. The molecule has 0 aliphatic heterocycles. The summed E-state index contributed by atoms with van der Waals surface area (Å²) in [5, 5.41) is 11.5. The van der Waals surface area contributed by atoms with Crippen LogP contribution in [0.25, 0.3) is 0 Å². The number of nitroso groups, excluding NO2 is 1. The van der Waals surface area contributed by atoms with E-state index in [0.29, 0.717) is 5.56 Å². The summed E-state index contributed by atoms with van der Waals surface area (Å²) in [5.74, 6) is -1.25. The molecule has 0 radical (unpaired) electrons. The summed E-state index contributed by atoms with van der Waals surface area (Å²) in [5.41, 5.74) is -1.34. The molecule has 0 heterocycles. The van der Waals surface area contributed by atoms with Crippen LogP contribution in [-0.2, 0) is 10.3 Å². The fourth-order valence-electron chi connectivity index (χ4n) is 0.990. The highest BCUT2D eigenvalue weighted by molar-refractivity contribution is 9.10. The highest BCUT2D eigenvalue weighted by atomic mass is 79.9. The van der Waals surface area contributed by atoms with E-state index in [-0.39, 0.29) is 0 Å². The molecule has 74 valence electrons. The minimum Gasteiger partial charge on any atom is -0.479 e. The van der Waals surface area contributed by atoms with Crippen molar-refractivity contribution in [2.45, 2.75) is 12.5 Å². The van der Waals surface area contributed by atoms with Gasteiger partial charge in [0.1, 0.15) is 0 Å². The Balaban J connectivity index is 3.19. The van der Waals surface area contributed by atoms with Crippen molar-refractivity contribution >= 4 is 21.9 Å². The zero-order valence-corrected chi connectivity index (χ0v) is 8.98. The van der Waals surface area contributed by atoms with Gasteiger partial charge in [0.05, 0.1) is 0 Å². The Morgan fingerprint density at radius 1 is 1.43 bits per heavy atom. The van der Waals surface area contributed by atoms with Crippen molar-refractivity contribution in [1.29, 1.82) is 0 Å². The van der Waals surface area contributed by atoms with E-state index in [1.54, 1.807) is 24.3 Å². The predicted molar refractivity (Wildman–Crippen MR) is 54.9 cm³/mol. The zero-order valence-electron chi connectivity index (χ0n) is 7.40. The first-order chi connectivity index (χ1) is 6.50. The van der Waals surface area contributed by atoms with Gasteiger partial charge in [-0.05, 0) is 29.8 Å². The number of carboxylic acids is 1. The van der Waals surface area contributed by atoms with Crippen molar-refractivity contribution < 1.29 is 9.90 Å². The standard InChI is InChI=1S/C9H8BrNO3/c1-9(11-14,8(12)13)6-2-4-7(10)5-3-6/h2-5H,1H3,(H,12,13). The molecule has 0 saturated carbocycles. The molecule has 0 amide bonds. The third kappa shape index (κ3) is 1.82. The van der Waals surface area contributed by atoms with Crippen LogP contribution in [0.3, 0.4) is 0 Å². The van der Waals surface area contributed by atoms with Gasteiger partial charge in [-0.2, -0.15) is 0 Å². The van der Waals surface area contributed by atoms with Crippen LogP contribution < -0.4 is 0 Å². The molecule has 1 aromatic rings. The lowest BCUT2D eigenvalue weighted by Crippen LogP contribution is -2.29. The largest absolute Gasteiger partial charge is 0.479 e. The number of hydrogen-bond acceptors (Lipinski definition) is 3. The first-order valence-corrected chi connectivity index (χ1v) is 4.64. The van der Waals surface area contributed by atoms with Crippen LogP contribution in [0.1, 0.15) is 12.5 Å². The third-order valence-electron chi connectivity index (χ3n) is 2.01. The maximum Gasteiger partial charge on any atom is 0.339 e. The molecule has 14 heavy (non-hydrogen) atoms. The second-order valence-electron chi connectivity index (χ2n) is 2.98. The van der Waals surface area contributed by atoms with E-state index in [9.17, 15) is 9.70 Å². The fourth-order valence-corrected chi connectivity index (χ4v) is 1.25. The smallest absolute Gasteiger partial charge is 0.339 e. The van der Waals surface area contributed by atoms with Gasteiger partial charge in [-0.25, -0.2) is 4.79 Å². The van der Waals surface area contributed by atoms with Gasteiger partial charge in [-0.1, -0.05) is 28.1 Å². The number of halogens is 1. The van der Waals surface area contributed by atoms with Crippen molar-refractivity contribution in [3.05, 3.63) is 39.2 Å². The van der Waals surface area contributed by atoms with Crippen molar-refractivity contribution in [2.75, 3.05) is 0 Å². The highest BCUT2D eigenvalue weighted by Crippen LogP contribution is 2.26. The van der Waals surface area contributed by atoms with Crippen molar-refractivity contribution in [2.24, 2.45) is 5.18 Å². The van der Waals surface area contributed by atoms with E-state index < -0.39 is 11.5 Å². The number of benzene rings is 1. The summed E-state index contributed by atoms with van der Waals surface area (Å²) in [4.78, 5) is 21.3. The lowest BCUT2D eigenvalue weighted by molar-refractivity contribution is -0.142. The Bertz CT molecular complexity index is 363. The summed E-state index contributed by atoms with van der Waals surface area (Å²) in [6.45, 7) is 1.27. The summed E-state index contributed by atoms with van der Waals surface area (Å²) in [6.07, 6.45) is 0.